The lowest BCUT2D eigenvalue weighted by Gasteiger charge is -2.19. The number of nitrogens with zero attached hydrogens (tertiary/aromatic N) is 1. The number of ether oxygens (including phenoxy) is 1. The fourth-order valence-corrected chi connectivity index (χ4v) is 1.59. The Labute approximate surface area is 118 Å². The van der Waals surface area contributed by atoms with Crippen molar-refractivity contribution in [3.8, 4) is 0 Å². The molecular formula is C13H14F3NO4. The maximum absolute atomic E-state index is 12.5. The van der Waals surface area contributed by atoms with Crippen LogP contribution in [0.1, 0.15) is 31.9 Å². The van der Waals surface area contributed by atoms with Gasteiger partial charge in [0, 0.05) is 11.6 Å². The van der Waals surface area contributed by atoms with Crippen LogP contribution in [-0.2, 0) is 22.1 Å². The summed E-state index contributed by atoms with van der Waals surface area (Å²) in [6.45, 7) is 4.85. The second-order valence-corrected chi connectivity index (χ2v) is 5.36. The van der Waals surface area contributed by atoms with Gasteiger partial charge in [0.25, 0.3) is 5.69 Å². The molecule has 1 aromatic carbocycles. The molecule has 0 unspecified atom stereocenters. The largest absolute Gasteiger partial charge is 0.460 e. The Hall–Kier alpha value is -2.12. The van der Waals surface area contributed by atoms with Crippen LogP contribution >= 0.6 is 0 Å². The van der Waals surface area contributed by atoms with E-state index in [9.17, 15) is 28.1 Å². The minimum absolute atomic E-state index is 0.123. The maximum atomic E-state index is 12.5. The van der Waals surface area contributed by atoms with Gasteiger partial charge in [-0.05, 0) is 26.8 Å². The molecule has 0 N–H and O–H groups in total. The number of carbonyl (C=O) groups excluding carboxylic acids is 1. The molecule has 0 aliphatic rings. The molecule has 0 saturated heterocycles. The minimum atomic E-state index is -4.69. The van der Waals surface area contributed by atoms with Crippen LogP contribution in [0.4, 0.5) is 18.9 Å². The molecule has 0 bridgehead atoms. The van der Waals surface area contributed by atoms with Gasteiger partial charge in [0.2, 0.25) is 0 Å². The van der Waals surface area contributed by atoms with Crippen LogP contribution in [0.25, 0.3) is 0 Å². The third-order valence-corrected chi connectivity index (χ3v) is 2.36. The molecule has 0 fully saturated rings. The van der Waals surface area contributed by atoms with Crippen LogP contribution < -0.4 is 0 Å². The Kier molecular flexibility index (Phi) is 4.60. The van der Waals surface area contributed by atoms with E-state index < -0.39 is 40.3 Å². The number of esters is 1. The standard InChI is InChI=1S/C13H14F3NO4/c1-12(2,3)21-11(18)6-8-4-5-9(13(14,15)16)7-10(8)17(19)20/h4-5,7H,6H2,1-3H3. The summed E-state index contributed by atoms with van der Waals surface area (Å²) in [6.07, 6.45) is -5.15. The number of carbonyl (C=O) groups is 1. The summed E-state index contributed by atoms with van der Waals surface area (Å²) < 4.78 is 42.6. The molecule has 21 heavy (non-hydrogen) atoms. The maximum Gasteiger partial charge on any atom is 0.416 e. The Morgan fingerprint density at radius 3 is 2.29 bits per heavy atom. The lowest BCUT2D eigenvalue weighted by molar-refractivity contribution is -0.385. The van der Waals surface area contributed by atoms with Crippen molar-refractivity contribution < 1.29 is 27.6 Å². The highest BCUT2D eigenvalue weighted by Crippen LogP contribution is 2.33. The third kappa shape index (κ3) is 5.05. The zero-order chi connectivity index (χ0) is 16.4. The van der Waals surface area contributed by atoms with Crippen LogP contribution in [0.5, 0.6) is 0 Å². The van der Waals surface area contributed by atoms with Gasteiger partial charge in [0.15, 0.2) is 0 Å². The number of alkyl halides is 3. The number of hydrogen-bond donors (Lipinski definition) is 0. The molecular weight excluding hydrogens is 291 g/mol. The lowest BCUT2D eigenvalue weighted by Crippen LogP contribution is -2.25. The fourth-order valence-electron chi connectivity index (χ4n) is 1.59. The first-order valence-electron chi connectivity index (χ1n) is 5.96. The van der Waals surface area contributed by atoms with Crippen molar-refractivity contribution in [1.82, 2.24) is 0 Å². The number of nitro benzene ring substituents is 1. The van der Waals surface area contributed by atoms with E-state index in [1.54, 1.807) is 20.8 Å². The summed E-state index contributed by atoms with van der Waals surface area (Å²) in [4.78, 5) is 21.5. The Morgan fingerprint density at radius 1 is 1.29 bits per heavy atom. The van der Waals surface area contributed by atoms with Gasteiger partial charge < -0.3 is 4.74 Å². The normalized spacial score (nSPS) is 12.1. The summed E-state index contributed by atoms with van der Waals surface area (Å²) in [5.41, 5.74) is -2.79. The molecule has 5 nitrogen and oxygen atoms in total. The van der Waals surface area contributed by atoms with Crippen molar-refractivity contribution in [2.24, 2.45) is 0 Å². The Bertz CT molecular complexity index is 562. The monoisotopic (exact) mass is 305 g/mol. The van der Waals surface area contributed by atoms with Crippen LogP contribution in [-0.4, -0.2) is 16.5 Å². The van der Waals surface area contributed by atoms with Crippen LogP contribution in [0, 0.1) is 10.1 Å². The predicted molar refractivity (Wildman–Crippen MR) is 67.6 cm³/mol. The molecule has 0 saturated carbocycles. The quantitative estimate of drug-likeness (QED) is 0.487. The topological polar surface area (TPSA) is 69.4 Å². The van der Waals surface area contributed by atoms with E-state index in [1.165, 1.54) is 0 Å². The number of halogens is 3. The summed E-state index contributed by atoms with van der Waals surface area (Å²) in [7, 11) is 0. The molecule has 0 heterocycles. The van der Waals surface area contributed by atoms with Crippen molar-refractivity contribution >= 4 is 11.7 Å². The van der Waals surface area contributed by atoms with E-state index in [-0.39, 0.29) is 5.56 Å². The molecule has 1 rings (SSSR count). The first-order chi connectivity index (χ1) is 9.40. The summed E-state index contributed by atoms with van der Waals surface area (Å²) >= 11 is 0. The summed E-state index contributed by atoms with van der Waals surface area (Å²) in [5.74, 6) is -0.745. The number of rotatable bonds is 3. The third-order valence-electron chi connectivity index (χ3n) is 2.36. The van der Waals surface area contributed by atoms with Gasteiger partial charge in [0.1, 0.15) is 5.60 Å². The van der Waals surface area contributed by atoms with Gasteiger partial charge in [-0.1, -0.05) is 6.07 Å². The van der Waals surface area contributed by atoms with Crippen molar-refractivity contribution in [3.05, 3.63) is 39.4 Å². The molecule has 0 aliphatic carbocycles. The van der Waals surface area contributed by atoms with E-state index in [4.69, 9.17) is 4.74 Å². The minimum Gasteiger partial charge on any atom is -0.460 e. The van der Waals surface area contributed by atoms with Gasteiger partial charge in [-0.3, -0.25) is 14.9 Å². The molecule has 0 radical (unpaired) electrons. The summed E-state index contributed by atoms with van der Waals surface area (Å²) in [5, 5.41) is 10.9. The van der Waals surface area contributed by atoms with E-state index >= 15 is 0 Å². The lowest BCUT2D eigenvalue weighted by atomic mass is 10.1. The average Bonchev–Trinajstić information content (AvgIpc) is 2.24. The predicted octanol–water partition coefficient (Wildman–Crippen LogP) is 3.50. The van der Waals surface area contributed by atoms with Crippen molar-refractivity contribution in [2.45, 2.75) is 39.0 Å². The van der Waals surface area contributed by atoms with E-state index in [2.05, 4.69) is 0 Å². The second kappa shape index (κ2) is 5.71. The molecule has 0 aromatic heterocycles. The first-order valence-corrected chi connectivity index (χ1v) is 5.96. The van der Waals surface area contributed by atoms with E-state index in [1.807, 2.05) is 0 Å². The van der Waals surface area contributed by atoms with Crippen LogP contribution in [0.15, 0.2) is 18.2 Å². The molecule has 116 valence electrons. The van der Waals surface area contributed by atoms with Crippen molar-refractivity contribution in [3.63, 3.8) is 0 Å². The van der Waals surface area contributed by atoms with Crippen LogP contribution in [0.3, 0.4) is 0 Å². The van der Waals surface area contributed by atoms with Crippen molar-refractivity contribution in [2.75, 3.05) is 0 Å². The highest BCUT2D eigenvalue weighted by Gasteiger charge is 2.33. The second-order valence-electron chi connectivity index (χ2n) is 5.36. The highest BCUT2D eigenvalue weighted by molar-refractivity contribution is 5.74. The Balaban J connectivity index is 3.08. The first kappa shape index (κ1) is 16.9. The number of benzene rings is 1. The molecule has 0 aliphatic heterocycles. The van der Waals surface area contributed by atoms with Crippen molar-refractivity contribution in [1.29, 1.82) is 0 Å². The summed E-state index contributed by atoms with van der Waals surface area (Å²) in [6, 6.07) is 2.04. The van der Waals surface area contributed by atoms with Gasteiger partial charge in [-0.25, -0.2) is 0 Å². The zero-order valence-electron chi connectivity index (χ0n) is 11.7. The van der Waals surface area contributed by atoms with E-state index in [0.717, 1.165) is 6.07 Å². The number of hydrogen-bond acceptors (Lipinski definition) is 4. The van der Waals surface area contributed by atoms with E-state index in [0.29, 0.717) is 12.1 Å². The Morgan fingerprint density at radius 2 is 1.86 bits per heavy atom. The zero-order valence-corrected chi connectivity index (χ0v) is 11.7. The van der Waals surface area contributed by atoms with Gasteiger partial charge in [-0.15, -0.1) is 0 Å². The SMILES string of the molecule is CC(C)(C)OC(=O)Cc1ccc(C(F)(F)F)cc1[N+](=O)[O-]. The molecule has 0 atom stereocenters. The molecule has 1 aromatic rings. The average molecular weight is 305 g/mol. The molecule has 8 heteroatoms. The van der Waals surface area contributed by atoms with Gasteiger partial charge in [-0.2, -0.15) is 13.2 Å². The smallest absolute Gasteiger partial charge is 0.416 e. The highest BCUT2D eigenvalue weighted by atomic mass is 19.4. The van der Waals surface area contributed by atoms with Crippen LogP contribution in [0.2, 0.25) is 0 Å². The molecule has 0 amide bonds. The number of nitro groups is 1. The van der Waals surface area contributed by atoms with Gasteiger partial charge >= 0.3 is 12.1 Å². The fraction of sp³-hybridized carbons (Fsp3) is 0.462. The van der Waals surface area contributed by atoms with Gasteiger partial charge in [0.05, 0.1) is 16.9 Å². The molecule has 0 spiro atoms.